The van der Waals surface area contributed by atoms with Gasteiger partial charge >= 0.3 is 0 Å². The van der Waals surface area contributed by atoms with Crippen LogP contribution in [-0.4, -0.2) is 47.5 Å². The van der Waals surface area contributed by atoms with Gasteiger partial charge < -0.3 is 15.1 Å². The van der Waals surface area contributed by atoms with Crippen LogP contribution in [0.3, 0.4) is 0 Å². The SMILES string of the molecule is CCC(C)(O)C(CO)N(C)C. The highest BCUT2D eigenvalue weighted by Crippen LogP contribution is 2.17. The monoisotopic (exact) mass is 161 g/mol. The highest BCUT2D eigenvalue weighted by atomic mass is 16.3. The van der Waals surface area contributed by atoms with Crippen LogP contribution in [0.15, 0.2) is 0 Å². The highest BCUT2D eigenvalue weighted by molar-refractivity contribution is 4.85. The third-order valence-corrected chi connectivity index (χ3v) is 2.23. The molecule has 2 atom stereocenters. The van der Waals surface area contributed by atoms with E-state index in [1.807, 2.05) is 25.9 Å². The van der Waals surface area contributed by atoms with Gasteiger partial charge in [-0.3, -0.25) is 0 Å². The zero-order valence-corrected chi connectivity index (χ0v) is 7.83. The van der Waals surface area contributed by atoms with Crippen molar-refractivity contribution < 1.29 is 10.2 Å². The van der Waals surface area contributed by atoms with Crippen LogP contribution in [0.2, 0.25) is 0 Å². The third kappa shape index (κ3) is 2.77. The summed E-state index contributed by atoms with van der Waals surface area (Å²) < 4.78 is 0. The first-order chi connectivity index (χ1) is 4.95. The molecule has 11 heavy (non-hydrogen) atoms. The van der Waals surface area contributed by atoms with Gasteiger partial charge in [-0.05, 0) is 27.4 Å². The topological polar surface area (TPSA) is 43.7 Å². The van der Waals surface area contributed by atoms with E-state index in [0.717, 1.165) is 0 Å². The molecule has 0 aromatic heterocycles. The number of hydrogen-bond acceptors (Lipinski definition) is 3. The minimum absolute atomic E-state index is 0.00611. The van der Waals surface area contributed by atoms with Crippen LogP contribution in [0.4, 0.5) is 0 Å². The van der Waals surface area contributed by atoms with E-state index in [1.54, 1.807) is 6.92 Å². The van der Waals surface area contributed by atoms with Crippen LogP contribution >= 0.6 is 0 Å². The van der Waals surface area contributed by atoms with Crippen LogP contribution in [0.25, 0.3) is 0 Å². The largest absolute Gasteiger partial charge is 0.395 e. The quantitative estimate of drug-likeness (QED) is 0.613. The Hall–Kier alpha value is -0.120. The second-order valence-corrected chi connectivity index (χ2v) is 3.37. The molecule has 0 amide bonds. The van der Waals surface area contributed by atoms with Gasteiger partial charge in [0.25, 0.3) is 0 Å². The summed E-state index contributed by atoms with van der Waals surface area (Å²) in [6.45, 7) is 3.65. The lowest BCUT2D eigenvalue weighted by atomic mass is 9.93. The molecule has 0 aliphatic heterocycles. The van der Waals surface area contributed by atoms with Crippen molar-refractivity contribution in [3.63, 3.8) is 0 Å². The van der Waals surface area contributed by atoms with Crippen molar-refractivity contribution in [3.05, 3.63) is 0 Å². The molecular weight excluding hydrogens is 142 g/mol. The standard InChI is InChI=1S/C8H19NO2/c1-5-8(2,11)7(6-10)9(3)4/h7,10-11H,5-6H2,1-4H3. The summed E-state index contributed by atoms with van der Waals surface area (Å²) in [7, 11) is 3.70. The summed E-state index contributed by atoms with van der Waals surface area (Å²) in [6.07, 6.45) is 0.649. The fourth-order valence-corrected chi connectivity index (χ4v) is 1.15. The average molecular weight is 161 g/mol. The maximum atomic E-state index is 9.75. The van der Waals surface area contributed by atoms with Crippen molar-refractivity contribution >= 4 is 0 Å². The van der Waals surface area contributed by atoms with Gasteiger partial charge in [-0.25, -0.2) is 0 Å². The average Bonchev–Trinajstić information content (AvgIpc) is 1.88. The summed E-state index contributed by atoms with van der Waals surface area (Å²) in [5, 5.41) is 18.7. The van der Waals surface area contributed by atoms with E-state index < -0.39 is 5.60 Å². The number of rotatable bonds is 4. The molecule has 68 valence electrons. The minimum Gasteiger partial charge on any atom is -0.395 e. The van der Waals surface area contributed by atoms with Crippen LogP contribution in [0.1, 0.15) is 20.3 Å². The minimum atomic E-state index is -0.793. The Morgan fingerprint density at radius 1 is 1.45 bits per heavy atom. The molecule has 0 aliphatic rings. The Kier molecular flexibility index (Phi) is 4.00. The summed E-state index contributed by atoms with van der Waals surface area (Å²) in [5.41, 5.74) is -0.793. The van der Waals surface area contributed by atoms with E-state index in [4.69, 9.17) is 5.11 Å². The van der Waals surface area contributed by atoms with Crippen molar-refractivity contribution in [2.75, 3.05) is 20.7 Å². The lowest BCUT2D eigenvalue weighted by Crippen LogP contribution is -2.50. The maximum absolute atomic E-state index is 9.75. The number of hydrogen-bond donors (Lipinski definition) is 2. The number of nitrogens with zero attached hydrogens (tertiary/aromatic N) is 1. The van der Waals surface area contributed by atoms with Crippen molar-refractivity contribution in [1.29, 1.82) is 0 Å². The van der Waals surface area contributed by atoms with Gasteiger partial charge in [0.2, 0.25) is 0 Å². The molecule has 2 unspecified atom stereocenters. The third-order valence-electron chi connectivity index (χ3n) is 2.23. The predicted molar refractivity (Wildman–Crippen MR) is 45.5 cm³/mol. The lowest BCUT2D eigenvalue weighted by Gasteiger charge is -2.35. The summed E-state index contributed by atoms with van der Waals surface area (Å²) in [5.74, 6) is 0. The molecule has 0 radical (unpaired) electrons. The highest BCUT2D eigenvalue weighted by Gasteiger charge is 2.30. The Balaban J connectivity index is 4.23. The predicted octanol–water partition coefficient (Wildman–Crippen LogP) is 0.0699. The molecule has 3 heteroatoms. The van der Waals surface area contributed by atoms with E-state index in [0.29, 0.717) is 6.42 Å². The molecule has 3 nitrogen and oxygen atoms in total. The summed E-state index contributed by atoms with van der Waals surface area (Å²) >= 11 is 0. The normalized spacial score (nSPS) is 19.9. The van der Waals surface area contributed by atoms with Crippen molar-refractivity contribution in [1.82, 2.24) is 4.90 Å². The molecule has 0 spiro atoms. The maximum Gasteiger partial charge on any atom is 0.0793 e. The van der Waals surface area contributed by atoms with E-state index in [-0.39, 0.29) is 12.6 Å². The summed E-state index contributed by atoms with van der Waals surface area (Å²) in [6, 6.07) is -0.174. The van der Waals surface area contributed by atoms with E-state index in [1.165, 1.54) is 0 Å². The van der Waals surface area contributed by atoms with E-state index >= 15 is 0 Å². The Bertz CT molecular complexity index is 113. The fourth-order valence-electron chi connectivity index (χ4n) is 1.15. The lowest BCUT2D eigenvalue weighted by molar-refractivity contribution is -0.0419. The van der Waals surface area contributed by atoms with Gasteiger partial charge in [0, 0.05) is 0 Å². The molecular formula is C8H19NO2. The molecule has 0 fully saturated rings. The van der Waals surface area contributed by atoms with Gasteiger partial charge in [0.15, 0.2) is 0 Å². The molecule has 0 saturated carbocycles. The van der Waals surface area contributed by atoms with Gasteiger partial charge in [-0.15, -0.1) is 0 Å². The molecule has 2 N–H and O–H groups in total. The molecule has 0 rings (SSSR count). The summed E-state index contributed by atoms with van der Waals surface area (Å²) in [4.78, 5) is 1.84. The fraction of sp³-hybridized carbons (Fsp3) is 1.00. The number of likely N-dealkylation sites (N-methyl/N-ethyl adjacent to an activating group) is 1. The molecule has 0 bridgehead atoms. The van der Waals surface area contributed by atoms with Crippen molar-refractivity contribution in [2.24, 2.45) is 0 Å². The molecule has 0 heterocycles. The Morgan fingerprint density at radius 3 is 2.00 bits per heavy atom. The van der Waals surface area contributed by atoms with Crippen LogP contribution in [0.5, 0.6) is 0 Å². The first-order valence-electron chi connectivity index (χ1n) is 3.95. The smallest absolute Gasteiger partial charge is 0.0793 e. The zero-order chi connectivity index (χ0) is 9.07. The van der Waals surface area contributed by atoms with Gasteiger partial charge in [0.1, 0.15) is 0 Å². The first kappa shape index (κ1) is 10.9. The van der Waals surface area contributed by atoms with Crippen LogP contribution in [-0.2, 0) is 0 Å². The van der Waals surface area contributed by atoms with Crippen LogP contribution in [0, 0.1) is 0 Å². The zero-order valence-electron chi connectivity index (χ0n) is 7.83. The number of aliphatic hydroxyl groups excluding tert-OH is 1. The van der Waals surface area contributed by atoms with Gasteiger partial charge in [-0.1, -0.05) is 6.92 Å². The first-order valence-corrected chi connectivity index (χ1v) is 3.95. The molecule has 0 aliphatic carbocycles. The molecule has 0 saturated heterocycles. The van der Waals surface area contributed by atoms with Gasteiger partial charge in [0.05, 0.1) is 18.2 Å². The molecule has 0 aromatic rings. The van der Waals surface area contributed by atoms with Gasteiger partial charge in [-0.2, -0.15) is 0 Å². The Morgan fingerprint density at radius 2 is 1.91 bits per heavy atom. The van der Waals surface area contributed by atoms with E-state index in [9.17, 15) is 5.11 Å². The number of aliphatic hydroxyl groups is 2. The second kappa shape index (κ2) is 4.04. The van der Waals surface area contributed by atoms with Crippen molar-refractivity contribution in [2.45, 2.75) is 31.9 Å². The second-order valence-electron chi connectivity index (χ2n) is 3.37. The van der Waals surface area contributed by atoms with E-state index in [2.05, 4.69) is 0 Å². The Labute approximate surface area is 68.6 Å². The molecule has 0 aromatic carbocycles. The van der Waals surface area contributed by atoms with Crippen molar-refractivity contribution in [3.8, 4) is 0 Å². The van der Waals surface area contributed by atoms with Crippen LogP contribution < -0.4 is 0 Å².